The SMILES string of the molecule is Cc1cccc(C)c1NC(=O)ONC1=Nc2ccc(Cl)cc2C(c2ccccc2F)=NC1. The molecule has 1 aliphatic heterocycles. The third-order valence-electron chi connectivity index (χ3n) is 4.95. The number of carbonyl (C=O) groups excluding carboxylic acids is 1. The van der Waals surface area contributed by atoms with E-state index in [1.54, 1.807) is 36.4 Å². The first-order chi connectivity index (χ1) is 15.4. The molecule has 0 spiro atoms. The Labute approximate surface area is 189 Å². The fraction of sp³-hybridized carbons (Fsp3) is 0.125. The second-order valence-corrected chi connectivity index (χ2v) is 7.68. The molecule has 0 saturated heterocycles. The number of anilines is 1. The highest BCUT2D eigenvalue weighted by atomic mass is 35.5. The lowest BCUT2D eigenvalue weighted by atomic mass is 10.0. The summed E-state index contributed by atoms with van der Waals surface area (Å²) in [6.07, 6.45) is -0.691. The van der Waals surface area contributed by atoms with E-state index in [-0.39, 0.29) is 12.4 Å². The molecule has 3 aromatic rings. The molecule has 0 unspecified atom stereocenters. The maximum absolute atomic E-state index is 14.5. The molecule has 0 aliphatic carbocycles. The third kappa shape index (κ3) is 4.63. The van der Waals surface area contributed by atoms with Crippen molar-refractivity contribution >= 4 is 40.6 Å². The van der Waals surface area contributed by atoms with Gasteiger partial charge in [-0.05, 0) is 55.3 Å². The lowest BCUT2D eigenvalue weighted by Crippen LogP contribution is -2.31. The highest BCUT2D eigenvalue weighted by molar-refractivity contribution is 6.31. The molecule has 1 aliphatic rings. The Morgan fingerprint density at radius 2 is 1.78 bits per heavy atom. The van der Waals surface area contributed by atoms with Crippen molar-refractivity contribution in [2.45, 2.75) is 13.8 Å². The highest BCUT2D eigenvalue weighted by Crippen LogP contribution is 2.29. The van der Waals surface area contributed by atoms with Gasteiger partial charge in [0.25, 0.3) is 0 Å². The van der Waals surface area contributed by atoms with E-state index in [1.165, 1.54) is 6.07 Å². The highest BCUT2D eigenvalue weighted by Gasteiger charge is 2.20. The van der Waals surface area contributed by atoms with Gasteiger partial charge in [0, 0.05) is 21.8 Å². The van der Waals surface area contributed by atoms with Crippen LogP contribution < -0.4 is 10.8 Å². The van der Waals surface area contributed by atoms with E-state index in [9.17, 15) is 9.18 Å². The topological polar surface area (TPSA) is 75.1 Å². The largest absolute Gasteiger partial charge is 0.435 e. The second kappa shape index (κ2) is 9.20. The van der Waals surface area contributed by atoms with E-state index in [4.69, 9.17) is 16.4 Å². The summed E-state index contributed by atoms with van der Waals surface area (Å²) >= 11 is 6.17. The minimum atomic E-state index is -0.691. The van der Waals surface area contributed by atoms with E-state index in [0.29, 0.717) is 33.2 Å². The molecule has 6 nitrogen and oxygen atoms in total. The maximum atomic E-state index is 14.5. The van der Waals surface area contributed by atoms with Crippen molar-refractivity contribution in [2.24, 2.45) is 9.98 Å². The summed E-state index contributed by atoms with van der Waals surface area (Å²) < 4.78 is 14.5. The van der Waals surface area contributed by atoms with E-state index in [0.717, 1.165) is 11.1 Å². The quantitative estimate of drug-likeness (QED) is 0.489. The summed E-state index contributed by atoms with van der Waals surface area (Å²) in [5.74, 6) is -0.116. The van der Waals surface area contributed by atoms with Crippen LogP contribution in [0.4, 0.5) is 20.6 Å². The molecular weight excluding hydrogens is 431 g/mol. The Morgan fingerprint density at radius 1 is 1.03 bits per heavy atom. The van der Waals surface area contributed by atoms with Gasteiger partial charge in [0.05, 0.1) is 11.4 Å². The minimum absolute atomic E-state index is 0.0483. The zero-order valence-electron chi connectivity index (χ0n) is 17.4. The molecule has 0 aromatic heterocycles. The number of hydrogen-bond acceptors (Lipinski definition) is 5. The van der Waals surface area contributed by atoms with Crippen LogP contribution in [0.25, 0.3) is 0 Å². The molecule has 0 atom stereocenters. The molecule has 3 aromatic carbocycles. The monoisotopic (exact) mass is 450 g/mol. The number of nitrogens with zero attached hydrogens (tertiary/aromatic N) is 2. The van der Waals surface area contributed by atoms with Gasteiger partial charge in [0.1, 0.15) is 12.4 Å². The average molecular weight is 451 g/mol. The second-order valence-electron chi connectivity index (χ2n) is 7.25. The Hall–Kier alpha value is -3.71. The Kier molecular flexibility index (Phi) is 6.18. The summed E-state index contributed by atoms with van der Waals surface area (Å²) in [5, 5.41) is 3.20. The van der Waals surface area contributed by atoms with Crippen LogP contribution in [0.3, 0.4) is 0 Å². The molecular formula is C24H20ClFN4O2. The van der Waals surface area contributed by atoms with Gasteiger partial charge in [0.15, 0.2) is 5.84 Å². The third-order valence-corrected chi connectivity index (χ3v) is 5.19. The number of aliphatic imine (C=N–C) groups is 2. The van der Waals surface area contributed by atoms with Gasteiger partial charge in [-0.25, -0.2) is 19.7 Å². The molecule has 1 amide bonds. The van der Waals surface area contributed by atoms with Crippen LogP contribution in [0.2, 0.25) is 5.02 Å². The van der Waals surface area contributed by atoms with Crippen molar-refractivity contribution in [3.63, 3.8) is 0 Å². The molecule has 0 saturated carbocycles. The number of hydroxylamine groups is 1. The van der Waals surface area contributed by atoms with Gasteiger partial charge in [0.2, 0.25) is 0 Å². The number of halogens is 2. The number of amides is 1. The number of fused-ring (bicyclic) bond motifs is 1. The van der Waals surface area contributed by atoms with Crippen LogP contribution in [0.15, 0.2) is 70.6 Å². The van der Waals surface area contributed by atoms with Gasteiger partial charge in [-0.1, -0.05) is 41.9 Å². The van der Waals surface area contributed by atoms with Crippen LogP contribution >= 0.6 is 11.6 Å². The van der Waals surface area contributed by atoms with Crippen molar-refractivity contribution in [1.29, 1.82) is 0 Å². The number of rotatable bonds is 2. The summed E-state index contributed by atoms with van der Waals surface area (Å²) in [6.45, 7) is 3.84. The minimum Gasteiger partial charge on any atom is -0.323 e. The molecule has 0 fully saturated rings. The number of aryl methyl sites for hydroxylation is 2. The number of para-hydroxylation sites is 1. The van der Waals surface area contributed by atoms with Crippen LogP contribution in [0, 0.1) is 19.7 Å². The predicted octanol–water partition coefficient (Wildman–Crippen LogP) is 5.73. The van der Waals surface area contributed by atoms with Crippen molar-refractivity contribution in [2.75, 3.05) is 11.9 Å². The summed E-state index contributed by atoms with van der Waals surface area (Å²) in [4.78, 5) is 26.5. The molecule has 32 heavy (non-hydrogen) atoms. The summed E-state index contributed by atoms with van der Waals surface area (Å²) in [5.41, 5.74) is 6.94. The first kappa shape index (κ1) is 21.5. The zero-order chi connectivity index (χ0) is 22.7. The number of nitrogens with one attached hydrogen (secondary N) is 2. The van der Waals surface area contributed by atoms with E-state index in [1.807, 2.05) is 32.0 Å². The molecule has 0 radical (unpaired) electrons. The first-order valence-electron chi connectivity index (χ1n) is 9.89. The number of benzene rings is 3. The molecule has 2 N–H and O–H groups in total. The molecule has 0 bridgehead atoms. The van der Waals surface area contributed by atoms with Crippen LogP contribution in [0.5, 0.6) is 0 Å². The number of amidine groups is 1. The molecule has 162 valence electrons. The number of hydrogen-bond donors (Lipinski definition) is 2. The first-order valence-corrected chi connectivity index (χ1v) is 10.3. The molecule has 4 rings (SSSR count). The van der Waals surface area contributed by atoms with Crippen LogP contribution in [-0.4, -0.2) is 24.2 Å². The summed E-state index contributed by atoms with van der Waals surface area (Å²) in [7, 11) is 0. The van der Waals surface area contributed by atoms with Crippen molar-refractivity contribution in [1.82, 2.24) is 5.48 Å². The number of carbonyl (C=O) groups is 1. The van der Waals surface area contributed by atoms with Crippen LogP contribution in [0.1, 0.15) is 22.3 Å². The van der Waals surface area contributed by atoms with E-state index in [2.05, 4.69) is 20.8 Å². The maximum Gasteiger partial charge on any atom is 0.435 e. The van der Waals surface area contributed by atoms with E-state index >= 15 is 0 Å². The Balaban J connectivity index is 1.57. The standard InChI is InChI=1S/C24H20ClFN4O2/c1-14-6-5-7-15(2)22(14)29-24(31)32-30-21-13-27-23(17-8-3-4-9-19(17)26)18-12-16(25)10-11-20(18)28-21/h3-12H,13H2,1-2H3,(H,28,30)(H,29,31). The van der Waals surface area contributed by atoms with Gasteiger partial charge >= 0.3 is 6.09 Å². The van der Waals surface area contributed by atoms with Gasteiger partial charge in [-0.3, -0.25) is 10.3 Å². The Morgan fingerprint density at radius 3 is 2.53 bits per heavy atom. The van der Waals surface area contributed by atoms with Crippen LogP contribution in [-0.2, 0) is 4.84 Å². The Bertz CT molecular complexity index is 1240. The lowest BCUT2D eigenvalue weighted by molar-refractivity contribution is 0.134. The zero-order valence-corrected chi connectivity index (χ0v) is 18.2. The predicted molar refractivity (Wildman–Crippen MR) is 125 cm³/mol. The fourth-order valence-corrected chi connectivity index (χ4v) is 3.57. The fourth-order valence-electron chi connectivity index (χ4n) is 3.40. The molecule has 1 heterocycles. The lowest BCUT2D eigenvalue weighted by Gasteiger charge is -2.12. The van der Waals surface area contributed by atoms with Crippen molar-refractivity contribution < 1.29 is 14.0 Å². The molecule has 8 heteroatoms. The average Bonchev–Trinajstić information content (AvgIpc) is 2.94. The van der Waals surface area contributed by atoms with Gasteiger partial charge < -0.3 is 4.84 Å². The van der Waals surface area contributed by atoms with Gasteiger partial charge in [-0.2, -0.15) is 0 Å². The van der Waals surface area contributed by atoms with Crippen molar-refractivity contribution in [3.8, 4) is 0 Å². The van der Waals surface area contributed by atoms with Gasteiger partial charge in [-0.15, -0.1) is 0 Å². The summed E-state index contributed by atoms with van der Waals surface area (Å²) in [6, 6.07) is 17.1. The van der Waals surface area contributed by atoms with Crippen molar-refractivity contribution in [3.05, 3.63) is 93.8 Å². The normalized spacial score (nSPS) is 12.8. The van der Waals surface area contributed by atoms with E-state index < -0.39 is 11.9 Å². The smallest absolute Gasteiger partial charge is 0.323 e.